The number of carboxylic acid groups (broad SMARTS) is 1. The minimum atomic E-state index is -3.58. The van der Waals surface area contributed by atoms with Crippen molar-refractivity contribution in [1.29, 1.82) is 0 Å². The van der Waals surface area contributed by atoms with Gasteiger partial charge in [0.1, 0.15) is 0 Å². The van der Waals surface area contributed by atoms with Crippen molar-refractivity contribution in [3.63, 3.8) is 0 Å². The van der Waals surface area contributed by atoms with Crippen molar-refractivity contribution in [2.45, 2.75) is 17.9 Å². The summed E-state index contributed by atoms with van der Waals surface area (Å²) in [6, 6.07) is 8.21. The van der Waals surface area contributed by atoms with Crippen LogP contribution in [0.2, 0.25) is 0 Å². The van der Waals surface area contributed by atoms with E-state index in [1.165, 1.54) is 16.7 Å². The number of rotatable bonds is 3. The number of hydrogen-bond acceptors (Lipinski definition) is 4. The molecule has 114 valence electrons. The van der Waals surface area contributed by atoms with Gasteiger partial charge in [-0.25, -0.2) is 13.2 Å². The van der Waals surface area contributed by atoms with Crippen molar-refractivity contribution in [3.8, 4) is 0 Å². The monoisotopic (exact) mass is 318 g/mol. The van der Waals surface area contributed by atoms with E-state index >= 15 is 0 Å². The van der Waals surface area contributed by atoms with Gasteiger partial charge >= 0.3 is 5.97 Å². The van der Waals surface area contributed by atoms with Crippen LogP contribution in [0.15, 0.2) is 47.6 Å². The molecule has 1 aromatic heterocycles. The number of hydrogen-bond donors (Lipinski definition) is 1. The molecule has 0 bridgehead atoms. The molecule has 0 radical (unpaired) electrons. The quantitative estimate of drug-likeness (QED) is 0.927. The molecule has 1 aliphatic rings. The summed E-state index contributed by atoms with van der Waals surface area (Å²) in [5.41, 5.74) is 1.46. The van der Waals surface area contributed by atoms with Gasteiger partial charge in [0.25, 0.3) is 0 Å². The van der Waals surface area contributed by atoms with Crippen LogP contribution in [-0.2, 0) is 23.0 Å². The first-order chi connectivity index (χ1) is 10.5. The average molecular weight is 318 g/mol. The predicted molar refractivity (Wildman–Crippen MR) is 78.9 cm³/mol. The molecule has 22 heavy (non-hydrogen) atoms. The Bertz CT molecular complexity index is 819. The van der Waals surface area contributed by atoms with Gasteiger partial charge in [0, 0.05) is 25.5 Å². The fourth-order valence-corrected chi connectivity index (χ4v) is 4.04. The SMILES string of the molecule is O=C(O)c1cncc2c1CCN(S(=O)(=O)c1ccccc1)C2. The zero-order valence-electron chi connectivity index (χ0n) is 11.6. The lowest BCUT2D eigenvalue weighted by atomic mass is 9.98. The van der Waals surface area contributed by atoms with E-state index in [-0.39, 0.29) is 23.5 Å². The van der Waals surface area contributed by atoms with Gasteiger partial charge in [-0.2, -0.15) is 4.31 Å². The Morgan fingerprint density at radius 2 is 1.91 bits per heavy atom. The molecule has 3 rings (SSSR count). The van der Waals surface area contributed by atoms with Crippen LogP contribution in [0, 0.1) is 0 Å². The molecule has 0 spiro atoms. The maximum absolute atomic E-state index is 12.6. The van der Waals surface area contributed by atoms with Gasteiger partial charge in [-0.05, 0) is 29.7 Å². The number of aromatic nitrogens is 1. The van der Waals surface area contributed by atoms with Gasteiger partial charge in [0.05, 0.1) is 10.5 Å². The van der Waals surface area contributed by atoms with Gasteiger partial charge in [0.15, 0.2) is 0 Å². The zero-order valence-corrected chi connectivity index (χ0v) is 12.5. The molecule has 2 aromatic rings. The van der Waals surface area contributed by atoms with E-state index in [0.29, 0.717) is 17.5 Å². The summed E-state index contributed by atoms with van der Waals surface area (Å²) in [5.74, 6) is -1.04. The average Bonchev–Trinajstić information content (AvgIpc) is 2.54. The van der Waals surface area contributed by atoms with Crippen LogP contribution >= 0.6 is 0 Å². The van der Waals surface area contributed by atoms with Gasteiger partial charge in [-0.15, -0.1) is 0 Å². The molecule has 2 heterocycles. The second-order valence-corrected chi connectivity index (χ2v) is 6.97. The van der Waals surface area contributed by atoms with Crippen LogP contribution in [-0.4, -0.2) is 35.3 Å². The summed E-state index contributed by atoms with van der Waals surface area (Å²) in [5, 5.41) is 9.17. The highest BCUT2D eigenvalue weighted by Gasteiger charge is 2.30. The maximum Gasteiger partial charge on any atom is 0.337 e. The van der Waals surface area contributed by atoms with E-state index in [1.807, 2.05) is 0 Å². The number of aromatic carboxylic acids is 1. The summed E-state index contributed by atoms with van der Waals surface area (Å²) in [6.45, 7) is 0.398. The number of pyridine rings is 1. The Morgan fingerprint density at radius 3 is 2.59 bits per heavy atom. The highest BCUT2D eigenvalue weighted by molar-refractivity contribution is 7.89. The van der Waals surface area contributed by atoms with Gasteiger partial charge in [-0.3, -0.25) is 4.98 Å². The molecular formula is C15H14N2O4S. The molecule has 0 saturated carbocycles. The molecule has 1 aromatic carbocycles. The van der Waals surface area contributed by atoms with Gasteiger partial charge in [0.2, 0.25) is 10.0 Å². The molecule has 0 aliphatic carbocycles. The molecule has 7 heteroatoms. The topological polar surface area (TPSA) is 87.6 Å². The fourth-order valence-electron chi connectivity index (χ4n) is 2.60. The van der Waals surface area contributed by atoms with Crippen LogP contribution < -0.4 is 0 Å². The van der Waals surface area contributed by atoms with Crippen molar-refractivity contribution in [2.24, 2.45) is 0 Å². The summed E-state index contributed by atoms with van der Waals surface area (Å²) in [4.78, 5) is 15.3. The highest BCUT2D eigenvalue weighted by atomic mass is 32.2. The molecule has 6 nitrogen and oxygen atoms in total. The second kappa shape index (κ2) is 5.51. The standard InChI is InChI=1S/C15H14N2O4S/c18-15(19)14-9-16-8-11-10-17(7-6-13(11)14)22(20,21)12-4-2-1-3-5-12/h1-5,8-9H,6-7,10H2,(H,18,19). The number of nitrogens with zero attached hydrogens (tertiary/aromatic N) is 2. The minimum absolute atomic E-state index is 0.140. The Labute approximate surface area is 128 Å². The first-order valence-electron chi connectivity index (χ1n) is 6.74. The van der Waals surface area contributed by atoms with Crippen LogP contribution in [0.5, 0.6) is 0 Å². The Hall–Kier alpha value is -2.25. The third-order valence-corrected chi connectivity index (χ3v) is 5.58. The molecule has 1 aliphatic heterocycles. The molecule has 0 fully saturated rings. The van der Waals surface area contributed by atoms with Crippen molar-refractivity contribution in [1.82, 2.24) is 9.29 Å². The number of benzene rings is 1. The van der Waals surface area contributed by atoms with E-state index in [9.17, 15) is 18.3 Å². The van der Waals surface area contributed by atoms with E-state index in [2.05, 4.69) is 4.98 Å². The summed E-state index contributed by atoms with van der Waals surface area (Å²) >= 11 is 0. The van der Waals surface area contributed by atoms with Crippen molar-refractivity contribution >= 4 is 16.0 Å². The lowest BCUT2D eigenvalue weighted by Crippen LogP contribution is -2.36. The first-order valence-corrected chi connectivity index (χ1v) is 8.18. The van der Waals surface area contributed by atoms with Crippen LogP contribution in [0.3, 0.4) is 0 Å². The fraction of sp³-hybridized carbons (Fsp3) is 0.200. The third kappa shape index (κ3) is 2.49. The molecule has 1 N–H and O–H groups in total. The Balaban J connectivity index is 1.96. The van der Waals surface area contributed by atoms with Crippen molar-refractivity contribution in [3.05, 3.63) is 59.4 Å². The lowest BCUT2D eigenvalue weighted by Gasteiger charge is -2.28. The number of carboxylic acids is 1. The van der Waals surface area contributed by atoms with Crippen LogP contribution in [0.25, 0.3) is 0 Å². The van der Waals surface area contributed by atoms with E-state index in [4.69, 9.17) is 0 Å². The zero-order chi connectivity index (χ0) is 15.7. The summed E-state index contributed by atoms with van der Waals surface area (Å²) < 4.78 is 26.6. The number of fused-ring (bicyclic) bond motifs is 1. The van der Waals surface area contributed by atoms with Crippen LogP contribution in [0.4, 0.5) is 0 Å². The van der Waals surface area contributed by atoms with E-state index in [0.717, 1.165) is 0 Å². The normalized spacial score (nSPS) is 15.3. The minimum Gasteiger partial charge on any atom is -0.478 e. The number of sulfonamides is 1. The molecule has 0 atom stereocenters. The van der Waals surface area contributed by atoms with E-state index < -0.39 is 16.0 Å². The molecule has 0 amide bonds. The highest BCUT2D eigenvalue weighted by Crippen LogP contribution is 2.26. The smallest absolute Gasteiger partial charge is 0.337 e. The molecule has 0 saturated heterocycles. The van der Waals surface area contributed by atoms with Crippen molar-refractivity contribution < 1.29 is 18.3 Å². The Morgan fingerprint density at radius 1 is 1.18 bits per heavy atom. The van der Waals surface area contributed by atoms with Gasteiger partial charge in [-0.1, -0.05) is 18.2 Å². The first kappa shape index (κ1) is 14.7. The summed E-state index contributed by atoms with van der Waals surface area (Å²) in [6.07, 6.45) is 3.21. The number of carbonyl (C=O) groups is 1. The van der Waals surface area contributed by atoms with E-state index in [1.54, 1.807) is 30.3 Å². The largest absolute Gasteiger partial charge is 0.478 e. The third-order valence-electron chi connectivity index (χ3n) is 3.72. The molecular weight excluding hydrogens is 304 g/mol. The predicted octanol–water partition coefficient (Wildman–Crippen LogP) is 1.53. The second-order valence-electron chi connectivity index (χ2n) is 5.03. The Kier molecular flexibility index (Phi) is 3.67. The maximum atomic E-state index is 12.6. The van der Waals surface area contributed by atoms with Crippen molar-refractivity contribution in [2.75, 3.05) is 6.54 Å². The summed E-state index contributed by atoms with van der Waals surface area (Å²) in [7, 11) is -3.58. The van der Waals surface area contributed by atoms with Crippen LogP contribution in [0.1, 0.15) is 21.5 Å². The molecule has 0 unspecified atom stereocenters. The van der Waals surface area contributed by atoms with Gasteiger partial charge < -0.3 is 5.11 Å². The lowest BCUT2D eigenvalue weighted by molar-refractivity contribution is 0.0694.